The van der Waals surface area contributed by atoms with E-state index in [1.165, 1.54) is 6.26 Å². The molecule has 4 rings (SSSR count). The minimum atomic E-state index is -3.20. The predicted octanol–water partition coefficient (Wildman–Crippen LogP) is 1.72. The Hall–Kier alpha value is -1.87. The number of sulfone groups is 1. The third kappa shape index (κ3) is 4.25. The molecule has 0 bridgehead atoms. The summed E-state index contributed by atoms with van der Waals surface area (Å²) in [5.41, 5.74) is 2.88. The van der Waals surface area contributed by atoms with E-state index in [-0.39, 0.29) is 17.9 Å². The van der Waals surface area contributed by atoms with E-state index in [0.29, 0.717) is 10.8 Å². The van der Waals surface area contributed by atoms with Gasteiger partial charge in [0.05, 0.1) is 22.5 Å². The number of piperidine rings is 1. The van der Waals surface area contributed by atoms with E-state index in [1.54, 1.807) is 24.3 Å². The van der Waals surface area contributed by atoms with Gasteiger partial charge < -0.3 is 10.8 Å². The van der Waals surface area contributed by atoms with E-state index in [0.717, 1.165) is 48.6 Å². The van der Waals surface area contributed by atoms with E-state index in [2.05, 4.69) is 17.2 Å². The lowest BCUT2D eigenvalue weighted by Crippen LogP contribution is -2.42. The summed E-state index contributed by atoms with van der Waals surface area (Å²) in [5, 5.41) is 3.38. The van der Waals surface area contributed by atoms with Gasteiger partial charge in [0.25, 0.3) is 0 Å². The van der Waals surface area contributed by atoms with Gasteiger partial charge in [-0.1, -0.05) is 12.1 Å². The minimum absolute atomic E-state index is 0. The minimum Gasteiger partial charge on any atom is -0.412 e. The maximum absolute atomic E-state index is 11.6. The van der Waals surface area contributed by atoms with Gasteiger partial charge >= 0.3 is 0 Å². The number of nitrogens with one attached hydrogen (secondary N) is 1. The Labute approximate surface area is 171 Å². The average molecular weight is 425 g/mol. The molecule has 0 radical (unpaired) electrons. The molecule has 3 aliphatic rings. The van der Waals surface area contributed by atoms with Crippen molar-refractivity contribution in [1.29, 1.82) is 0 Å². The van der Waals surface area contributed by atoms with Crippen LogP contribution in [-0.4, -0.2) is 56.5 Å². The first-order chi connectivity index (χ1) is 12.4. The standard InChI is InChI=1S/C19H22N4O2S.ClH.H2O/c1-19(14-7-9-20-10-8-14)21-12-18-17(23-19)11-16(22-18)13-3-5-15(6-4-13)26(2,24)25;;/h3-6,11-12,14,20H,7-10H2,1-2H3;1H;1H2. The molecule has 152 valence electrons. The Kier molecular flexibility index (Phi) is 6.60. The summed E-state index contributed by atoms with van der Waals surface area (Å²) in [4.78, 5) is 14.6. The molecule has 3 heterocycles. The fourth-order valence-electron chi connectivity index (χ4n) is 3.66. The van der Waals surface area contributed by atoms with Gasteiger partial charge in [0.15, 0.2) is 15.5 Å². The third-order valence-corrected chi connectivity index (χ3v) is 6.39. The van der Waals surface area contributed by atoms with Gasteiger partial charge in [-0.25, -0.2) is 13.4 Å². The smallest absolute Gasteiger partial charge is 0.175 e. The van der Waals surface area contributed by atoms with Crippen LogP contribution in [0.3, 0.4) is 0 Å². The van der Waals surface area contributed by atoms with Crippen LogP contribution < -0.4 is 5.32 Å². The topological polar surface area (TPSA) is 115 Å². The van der Waals surface area contributed by atoms with Crippen molar-refractivity contribution in [2.45, 2.75) is 30.3 Å². The van der Waals surface area contributed by atoms with Gasteiger partial charge in [0.1, 0.15) is 5.71 Å². The summed E-state index contributed by atoms with van der Waals surface area (Å²) in [6, 6.07) is 6.80. The van der Waals surface area contributed by atoms with E-state index in [4.69, 9.17) is 9.98 Å². The number of nitrogens with zero attached hydrogens (tertiary/aromatic N) is 3. The summed E-state index contributed by atoms with van der Waals surface area (Å²) >= 11 is 0. The molecular formula is C19H25ClN4O3S. The summed E-state index contributed by atoms with van der Waals surface area (Å²) < 4.78 is 23.2. The van der Waals surface area contributed by atoms with Crippen LogP contribution in [0.1, 0.15) is 25.3 Å². The lowest BCUT2D eigenvalue weighted by Gasteiger charge is -2.35. The highest BCUT2D eigenvalue weighted by atomic mass is 35.5. The summed E-state index contributed by atoms with van der Waals surface area (Å²) in [7, 11) is -3.20. The number of allylic oxidation sites excluding steroid dienone is 1. The van der Waals surface area contributed by atoms with Gasteiger partial charge in [-0.3, -0.25) is 9.98 Å². The summed E-state index contributed by atoms with van der Waals surface area (Å²) in [6.07, 6.45) is 7.15. The van der Waals surface area contributed by atoms with Gasteiger partial charge in [-0.15, -0.1) is 12.4 Å². The normalized spacial score (nSPS) is 24.3. The monoisotopic (exact) mass is 424 g/mol. The zero-order valence-corrected chi connectivity index (χ0v) is 17.5. The van der Waals surface area contributed by atoms with Crippen LogP contribution in [0.25, 0.3) is 5.70 Å². The highest BCUT2D eigenvalue weighted by Gasteiger charge is 2.37. The van der Waals surface area contributed by atoms with Crippen LogP contribution in [-0.2, 0) is 9.84 Å². The van der Waals surface area contributed by atoms with Gasteiger partial charge in [-0.05, 0) is 51.1 Å². The first kappa shape index (κ1) is 22.4. The SMILES string of the molecule is CC1(C2CCNCC2)N=CC2=NC(c3ccc(S(C)(=O)=O)cc3)=CC2=N1.Cl.O. The molecule has 1 aromatic carbocycles. The zero-order chi connectivity index (χ0) is 18.4. The van der Waals surface area contributed by atoms with Crippen molar-refractivity contribution in [1.82, 2.24) is 5.32 Å². The molecule has 0 saturated carbocycles. The highest BCUT2D eigenvalue weighted by molar-refractivity contribution is 7.90. The van der Waals surface area contributed by atoms with Crippen molar-refractivity contribution in [3.8, 4) is 0 Å². The van der Waals surface area contributed by atoms with Gasteiger partial charge in [-0.2, -0.15) is 0 Å². The van der Waals surface area contributed by atoms with Crippen LogP contribution in [0.4, 0.5) is 0 Å². The lowest BCUT2D eigenvalue weighted by atomic mass is 9.85. The Morgan fingerprint density at radius 3 is 2.36 bits per heavy atom. The van der Waals surface area contributed by atoms with Crippen LogP contribution in [0.5, 0.6) is 0 Å². The average Bonchev–Trinajstić information content (AvgIpc) is 3.05. The number of hydrogen-bond donors (Lipinski definition) is 1. The van der Waals surface area contributed by atoms with Crippen molar-refractivity contribution < 1.29 is 13.9 Å². The fraction of sp³-hybridized carbons (Fsp3) is 0.421. The first-order valence-corrected chi connectivity index (χ1v) is 10.7. The largest absolute Gasteiger partial charge is 0.412 e. The second-order valence-electron chi connectivity index (χ2n) is 7.20. The molecule has 1 aromatic rings. The number of benzene rings is 1. The molecule has 0 spiro atoms. The predicted molar refractivity (Wildman–Crippen MR) is 116 cm³/mol. The van der Waals surface area contributed by atoms with Crippen LogP contribution in [0.2, 0.25) is 0 Å². The van der Waals surface area contributed by atoms with Crippen molar-refractivity contribution >= 4 is 45.6 Å². The maximum atomic E-state index is 11.6. The molecule has 9 heteroatoms. The molecule has 3 N–H and O–H groups in total. The number of halogens is 1. The van der Waals surface area contributed by atoms with Crippen molar-refractivity contribution in [3.63, 3.8) is 0 Å². The van der Waals surface area contributed by atoms with E-state index >= 15 is 0 Å². The second kappa shape index (κ2) is 8.24. The van der Waals surface area contributed by atoms with E-state index in [1.807, 2.05) is 12.3 Å². The fourth-order valence-corrected chi connectivity index (χ4v) is 4.29. The van der Waals surface area contributed by atoms with Gasteiger partial charge in [0.2, 0.25) is 0 Å². The molecule has 3 aliphatic heterocycles. The molecule has 0 aromatic heterocycles. The molecular weight excluding hydrogens is 400 g/mol. The molecule has 28 heavy (non-hydrogen) atoms. The highest BCUT2D eigenvalue weighted by Crippen LogP contribution is 2.34. The molecule has 0 amide bonds. The van der Waals surface area contributed by atoms with Crippen LogP contribution in [0.15, 0.2) is 50.2 Å². The molecule has 1 fully saturated rings. The van der Waals surface area contributed by atoms with E-state index in [9.17, 15) is 8.42 Å². The number of hydrogen-bond acceptors (Lipinski definition) is 6. The maximum Gasteiger partial charge on any atom is 0.175 e. The third-order valence-electron chi connectivity index (χ3n) is 5.26. The van der Waals surface area contributed by atoms with Crippen molar-refractivity contribution in [2.24, 2.45) is 20.9 Å². The zero-order valence-electron chi connectivity index (χ0n) is 15.8. The molecule has 1 atom stereocenters. The molecule has 0 aliphatic carbocycles. The molecule has 1 saturated heterocycles. The molecule has 7 nitrogen and oxygen atoms in total. The quantitative estimate of drug-likeness (QED) is 0.796. The lowest BCUT2D eigenvalue weighted by molar-refractivity contribution is 0.244. The summed E-state index contributed by atoms with van der Waals surface area (Å²) in [5.74, 6) is 0.431. The first-order valence-electron chi connectivity index (χ1n) is 8.82. The van der Waals surface area contributed by atoms with Crippen molar-refractivity contribution in [3.05, 3.63) is 35.9 Å². The number of rotatable bonds is 3. The Morgan fingerprint density at radius 1 is 1.11 bits per heavy atom. The number of aliphatic imine (C=N–C) groups is 3. The summed E-state index contributed by atoms with van der Waals surface area (Å²) in [6.45, 7) is 4.11. The Bertz CT molecular complexity index is 961. The second-order valence-corrected chi connectivity index (χ2v) is 9.21. The molecule has 1 unspecified atom stereocenters. The van der Waals surface area contributed by atoms with Crippen LogP contribution in [0, 0.1) is 5.92 Å². The Balaban J connectivity index is 0.00000140. The number of fused-ring (bicyclic) bond motifs is 1. The van der Waals surface area contributed by atoms with Crippen molar-refractivity contribution in [2.75, 3.05) is 19.3 Å². The van der Waals surface area contributed by atoms with Crippen LogP contribution >= 0.6 is 12.4 Å². The Morgan fingerprint density at radius 2 is 1.75 bits per heavy atom. The van der Waals surface area contributed by atoms with Gasteiger partial charge in [0, 0.05) is 17.7 Å². The van der Waals surface area contributed by atoms with E-state index < -0.39 is 15.5 Å².